The van der Waals surface area contributed by atoms with E-state index in [0.717, 1.165) is 5.56 Å². The smallest absolute Gasteiger partial charge is 0.239 e. The third-order valence-electron chi connectivity index (χ3n) is 3.38. The molecule has 0 aliphatic carbocycles. The van der Waals surface area contributed by atoms with Crippen molar-refractivity contribution >= 4 is 23.4 Å². The van der Waals surface area contributed by atoms with Gasteiger partial charge in [-0.3, -0.25) is 9.59 Å². The Morgan fingerprint density at radius 2 is 2.06 bits per heavy atom. The number of benzene rings is 1. The first-order valence-corrected chi connectivity index (χ1v) is 6.21. The first-order chi connectivity index (χ1) is 8.49. The fourth-order valence-corrected chi connectivity index (χ4v) is 2.34. The van der Waals surface area contributed by atoms with Crippen molar-refractivity contribution in [2.75, 3.05) is 6.54 Å². The van der Waals surface area contributed by atoms with Crippen LogP contribution in [-0.2, 0) is 9.59 Å². The van der Waals surface area contributed by atoms with Crippen molar-refractivity contribution in [2.45, 2.75) is 25.3 Å². The number of primary amides is 1. The van der Waals surface area contributed by atoms with Gasteiger partial charge in [-0.15, -0.1) is 0 Å². The Kier molecular flexibility index (Phi) is 3.57. The largest absolute Gasteiger partial charge is 0.368 e. The summed E-state index contributed by atoms with van der Waals surface area (Å²) in [6.45, 7) is 2.19. The highest BCUT2D eigenvalue weighted by Crippen LogP contribution is 2.29. The minimum Gasteiger partial charge on any atom is -0.368 e. The normalized spacial score (nSPS) is 21.1. The van der Waals surface area contributed by atoms with Crippen LogP contribution in [0.5, 0.6) is 0 Å². The third kappa shape index (κ3) is 2.48. The number of halogens is 1. The van der Waals surface area contributed by atoms with E-state index in [1.54, 1.807) is 11.8 Å². The summed E-state index contributed by atoms with van der Waals surface area (Å²) in [6, 6.07) is 6.90. The highest BCUT2D eigenvalue weighted by molar-refractivity contribution is 6.30. The van der Waals surface area contributed by atoms with Crippen molar-refractivity contribution < 1.29 is 9.59 Å². The molecule has 0 unspecified atom stereocenters. The number of hydrogen-bond donors (Lipinski definition) is 1. The fourth-order valence-electron chi connectivity index (χ4n) is 2.22. The maximum atomic E-state index is 11.9. The molecular formula is C13H15ClN2O2. The quantitative estimate of drug-likeness (QED) is 0.902. The number of rotatable bonds is 3. The molecule has 2 rings (SSSR count). The Hall–Kier alpha value is -1.55. The summed E-state index contributed by atoms with van der Waals surface area (Å²) in [5, 5.41) is 0.672. The molecule has 5 heteroatoms. The highest BCUT2D eigenvalue weighted by Gasteiger charge is 2.35. The summed E-state index contributed by atoms with van der Waals surface area (Å²) < 4.78 is 0. The van der Waals surface area contributed by atoms with Crippen molar-refractivity contribution in [1.29, 1.82) is 0 Å². The molecule has 2 atom stereocenters. The van der Waals surface area contributed by atoms with Gasteiger partial charge in [0.1, 0.15) is 6.04 Å². The second-order valence-electron chi connectivity index (χ2n) is 4.58. The number of nitrogens with two attached hydrogens (primary N) is 1. The molecule has 4 nitrogen and oxygen atoms in total. The summed E-state index contributed by atoms with van der Waals surface area (Å²) in [6.07, 6.45) is 0.416. The Morgan fingerprint density at radius 1 is 1.44 bits per heavy atom. The van der Waals surface area contributed by atoms with Crippen molar-refractivity contribution in [2.24, 2.45) is 5.73 Å². The molecule has 0 saturated carbocycles. The van der Waals surface area contributed by atoms with Crippen molar-refractivity contribution in [3.8, 4) is 0 Å². The van der Waals surface area contributed by atoms with Crippen molar-refractivity contribution in [3.05, 3.63) is 34.9 Å². The first kappa shape index (κ1) is 12.9. The lowest BCUT2D eigenvalue weighted by atomic mass is 9.98. The van der Waals surface area contributed by atoms with E-state index in [1.165, 1.54) is 0 Å². The molecule has 2 N–H and O–H groups in total. The Bertz CT molecular complexity index is 472. The zero-order valence-corrected chi connectivity index (χ0v) is 10.9. The van der Waals surface area contributed by atoms with Gasteiger partial charge in [0.25, 0.3) is 0 Å². The Balaban J connectivity index is 2.13. The van der Waals surface area contributed by atoms with Gasteiger partial charge < -0.3 is 10.6 Å². The monoisotopic (exact) mass is 266 g/mol. The molecule has 2 amide bonds. The summed E-state index contributed by atoms with van der Waals surface area (Å²) in [5.41, 5.74) is 6.29. The molecule has 0 spiro atoms. The summed E-state index contributed by atoms with van der Waals surface area (Å²) in [4.78, 5) is 24.5. The van der Waals surface area contributed by atoms with Crippen LogP contribution in [0.25, 0.3) is 0 Å². The number of amides is 2. The molecule has 1 aliphatic heterocycles. The van der Waals surface area contributed by atoms with E-state index in [0.29, 0.717) is 18.0 Å². The maximum Gasteiger partial charge on any atom is 0.239 e. The molecule has 96 valence electrons. The van der Waals surface area contributed by atoms with Gasteiger partial charge in [-0.2, -0.15) is 0 Å². The van der Waals surface area contributed by atoms with E-state index in [-0.39, 0.29) is 11.8 Å². The van der Waals surface area contributed by atoms with Crippen LogP contribution in [0, 0.1) is 0 Å². The van der Waals surface area contributed by atoms with Crippen LogP contribution in [0.4, 0.5) is 0 Å². The van der Waals surface area contributed by atoms with E-state index in [1.807, 2.05) is 24.3 Å². The lowest BCUT2D eigenvalue weighted by molar-refractivity contribution is -0.135. The van der Waals surface area contributed by atoms with Gasteiger partial charge in [-0.1, -0.05) is 23.7 Å². The Labute approximate surface area is 111 Å². The van der Waals surface area contributed by atoms with Gasteiger partial charge >= 0.3 is 0 Å². The lowest BCUT2D eigenvalue weighted by Crippen LogP contribution is -2.43. The van der Waals surface area contributed by atoms with Crippen molar-refractivity contribution in [3.63, 3.8) is 0 Å². The molecule has 1 aromatic rings. The SMILES string of the molecule is C[C@H](C(N)=O)N1C[C@@H](c2ccc(Cl)cc2)CC1=O. The van der Waals surface area contributed by atoms with Gasteiger partial charge in [-0.05, 0) is 24.6 Å². The van der Waals surface area contributed by atoms with Gasteiger partial charge in [0, 0.05) is 23.9 Å². The Morgan fingerprint density at radius 3 is 2.61 bits per heavy atom. The lowest BCUT2D eigenvalue weighted by Gasteiger charge is -2.21. The third-order valence-corrected chi connectivity index (χ3v) is 3.63. The molecule has 1 heterocycles. The van der Waals surface area contributed by atoms with Crippen LogP contribution < -0.4 is 5.73 Å². The van der Waals surface area contributed by atoms with E-state index < -0.39 is 11.9 Å². The number of nitrogens with zero attached hydrogens (tertiary/aromatic N) is 1. The number of carbonyl (C=O) groups excluding carboxylic acids is 2. The van der Waals surface area contributed by atoms with Crippen LogP contribution in [0.15, 0.2) is 24.3 Å². The average Bonchev–Trinajstić information content (AvgIpc) is 2.71. The van der Waals surface area contributed by atoms with E-state index in [4.69, 9.17) is 17.3 Å². The number of carbonyl (C=O) groups is 2. The topological polar surface area (TPSA) is 63.4 Å². The molecule has 1 saturated heterocycles. The van der Waals surface area contributed by atoms with Gasteiger partial charge in [0.05, 0.1) is 0 Å². The fraction of sp³-hybridized carbons (Fsp3) is 0.385. The molecule has 1 aromatic carbocycles. The molecule has 1 aliphatic rings. The second kappa shape index (κ2) is 4.98. The number of likely N-dealkylation sites (tertiary alicyclic amines) is 1. The van der Waals surface area contributed by atoms with Crippen LogP contribution in [-0.4, -0.2) is 29.3 Å². The predicted molar refractivity (Wildman–Crippen MR) is 69.2 cm³/mol. The summed E-state index contributed by atoms with van der Waals surface area (Å²) in [7, 11) is 0. The zero-order valence-electron chi connectivity index (χ0n) is 10.1. The first-order valence-electron chi connectivity index (χ1n) is 5.83. The van der Waals surface area contributed by atoms with E-state index in [2.05, 4.69) is 0 Å². The highest BCUT2D eigenvalue weighted by atomic mass is 35.5. The molecular weight excluding hydrogens is 252 g/mol. The van der Waals surface area contributed by atoms with Crippen molar-refractivity contribution in [1.82, 2.24) is 4.90 Å². The van der Waals surface area contributed by atoms with Crippen LogP contribution in [0.2, 0.25) is 5.02 Å². The van der Waals surface area contributed by atoms with E-state index >= 15 is 0 Å². The molecule has 0 radical (unpaired) electrons. The maximum absolute atomic E-state index is 11.9. The summed E-state index contributed by atoms with van der Waals surface area (Å²) >= 11 is 5.83. The standard InChI is InChI=1S/C13H15ClN2O2/c1-8(13(15)18)16-7-10(6-12(16)17)9-2-4-11(14)5-3-9/h2-5,8,10H,6-7H2,1H3,(H2,15,18)/t8-,10+/m1/s1. The van der Waals surface area contributed by atoms with Crippen LogP contribution in [0.3, 0.4) is 0 Å². The molecule has 0 aromatic heterocycles. The minimum atomic E-state index is -0.546. The minimum absolute atomic E-state index is 0.0266. The van der Waals surface area contributed by atoms with Gasteiger partial charge in [0.2, 0.25) is 11.8 Å². The number of hydrogen-bond acceptors (Lipinski definition) is 2. The summed E-state index contributed by atoms with van der Waals surface area (Å²) in [5.74, 6) is -0.391. The predicted octanol–water partition coefficient (Wildman–Crippen LogP) is 1.53. The van der Waals surface area contributed by atoms with E-state index in [9.17, 15) is 9.59 Å². The molecule has 1 fully saturated rings. The second-order valence-corrected chi connectivity index (χ2v) is 5.01. The van der Waals surface area contributed by atoms with Crippen LogP contribution in [0.1, 0.15) is 24.8 Å². The molecule has 0 bridgehead atoms. The van der Waals surface area contributed by atoms with Crippen LogP contribution >= 0.6 is 11.6 Å². The van der Waals surface area contributed by atoms with Gasteiger partial charge in [-0.25, -0.2) is 0 Å². The van der Waals surface area contributed by atoms with Gasteiger partial charge in [0.15, 0.2) is 0 Å². The zero-order chi connectivity index (χ0) is 13.3. The molecule has 18 heavy (non-hydrogen) atoms. The average molecular weight is 267 g/mol.